The largest absolute Gasteiger partial charge is 0.489 e. The van der Waals surface area contributed by atoms with Crippen molar-refractivity contribution < 1.29 is 14.3 Å². The third-order valence-electron chi connectivity index (χ3n) is 4.57. The minimum Gasteiger partial charge on any atom is -0.489 e. The summed E-state index contributed by atoms with van der Waals surface area (Å²) in [6.07, 6.45) is 5.75. The van der Waals surface area contributed by atoms with Crippen molar-refractivity contribution in [3.63, 3.8) is 0 Å². The molecule has 1 saturated carbocycles. The van der Waals surface area contributed by atoms with Crippen LogP contribution >= 0.6 is 0 Å². The fourth-order valence-electron chi connectivity index (χ4n) is 2.11. The van der Waals surface area contributed by atoms with Crippen LogP contribution in [0, 0.1) is 0 Å². The summed E-state index contributed by atoms with van der Waals surface area (Å²) in [5.74, 6) is 0.734. The Morgan fingerprint density at radius 2 is 1.90 bits per heavy atom. The van der Waals surface area contributed by atoms with Crippen LogP contribution in [0.25, 0.3) is 0 Å². The van der Waals surface area contributed by atoms with Gasteiger partial charge in [0.2, 0.25) is 0 Å². The zero-order chi connectivity index (χ0) is 15.7. The summed E-state index contributed by atoms with van der Waals surface area (Å²) in [4.78, 5) is 4.07. The fraction of sp³-hybridized carbons (Fsp3) is 0.688. The van der Waals surface area contributed by atoms with Gasteiger partial charge in [-0.25, -0.2) is 0 Å². The molecule has 2 rings (SSSR count). The van der Waals surface area contributed by atoms with E-state index in [4.69, 9.17) is 14.3 Å². The minimum absolute atomic E-state index is 0.00796. The Morgan fingerprint density at radius 1 is 1.24 bits per heavy atom. The highest BCUT2D eigenvalue weighted by molar-refractivity contribution is 6.74. The number of hydrogen-bond donors (Lipinski definition) is 1. The lowest BCUT2D eigenvalue weighted by atomic mass is 9.92. The number of aliphatic hydroxyl groups is 1. The van der Waals surface area contributed by atoms with E-state index in [-0.39, 0.29) is 17.7 Å². The van der Waals surface area contributed by atoms with Crippen molar-refractivity contribution in [2.75, 3.05) is 0 Å². The summed E-state index contributed by atoms with van der Waals surface area (Å²) in [7, 11) is -1.68. The lowest BCUT2D eigenvalue weighted by molar-refractivity contribution is -0.00337. The molecule has 1 heterocycles. The third kappa shape index (κ3) is 4.05. The van der Waals surface area contributed by atoms with Crippen molar-refractivity contribution in [3.05, 3.63) is 24.0 Å². The second-order valence-corrected chi connectivity index (χ2v) is 12.2. The first-order valence-corrected chi connectivity index (χ1v) is 10.5. The van der Waals surface area contributed by atoms with E-state index in [2.05, 4.69) is 38.8 Å². The number of rotatable bonds is 5. The van der Waals surface area contributed by atoms with Crippen molar-refractivity contribution in [1.82, 2.24) is 4.98 Å². The Labute approximate surface area is 128 Å². The van der Waals surface area contributed by atoms with Crippen molar-refractivity contribution in [2.24, 2.45) is 0 Å². The van der Waals surface area contributed by atoms with Gasteiger partial charge in [-0.1, -0.05) is 20.8 Å². The standard InChI is InChI=1S/C16H27NO3Si/c1-16(2,3)21(4,5)20-14-7-13(8-14)19-15-6-12(11-18)9-17-10-15/h6,9-10,13-14,18H,7-8,11H2,1-5H3/t13-,14+. The van der Waals surface area contributed by atoms with Gasteiger partial charge in [0.25, 0.3) is 0 Å². The van der Waals surface area contributed by atoms with Gasteiger partial charge in [0.15, 0.2) is 8.32 Å². The highest BCUT2D eigenvalue weighted by Crippen LogP contribution is 2.40. The van der Waals surface area contributed by atoms with Gasteiger partial charge in [-0.15, -0.1) is 0 Å². The van der Waals surface area contributed by atoms with E-state index in [9.17, 15) is 0 Å². The number of hydrogen-bond acceptors (Lipinski definition) is 4. The molecule has 5 heteroatoms. The molecule has 0 saturated heterocycles. The van der Waals surface area contributed by atoms with E-state index in [1.54, 1.807) is 12.4 Å². The second kappa shape index (κ2) is 6.06. The van der Waals surface area contributed by atoms with Crippen molar-refractivity contribution in [3.8, 4) is 5.75 Å². The molecule has 1 aromatic rings. The molecule has 0 aliphatic heterocycles. The molecule has 4 nitrogen and oxygen atoms in total. The third-order valence-corrected chi connectivity index (χ3v) is 9.11. The molecule has 21 heavy (non-hydrogen) atoms. The van der Waals surface area contributed by atoms with Crippen molar-refractivity contribution in [1.29, 1.82) is 0 Å². The van der Waals surface area contributed by atoms with Gasteiger partial charge in [0.05, 0.1) is 18.9 Å². The van der Waals surface area contributed by atoms with Gasteiger partial charge in [-0.3, -0.25) is 4.98 Å². The molecule has 0 amide bonds. The topological polar surface area (TPSA) is 51.6 Å². The molecule has 0 unspecified atom stereocenters. The van der Waals surface area contributed by atoms with Crippen LogP contribution in [0.4, 0.5) is 0 Å². The first-order chi connectivity index (χ1) is 9.71. The zero-order valence-corrected chi connectivity index (χ0v) is 14.7. The van der Waals surface area contributed by atoms with E-state index in [1.165, 1.54) is 0 Å². The van der Waals surface area contributed by atoms with Gasteiger partial charge in [-0.2, -0.15) is 0 Å². The van der Waals surface area contributed by atoms with Crippen molar-refractivity contribution >= 4 is 8.32 Å². The summed E-state index contributed by atoms with van der Waals surface area (Å²) in [5.41, 5.74) is 0.779. The maximum absolute atomic E-state index is 9.10. The zero-order valence-electron chi connectivity index (χ0n) is 13.7. The molecule has 1 N–H and O–H groups in total. The van der Waals surface area contributed by atoms with Gasteiger partial charge in [-0.05, 0) is 29.8 Å². The Bertz CT molecular complexity index is 479. The van der Waals surface area contributed by atoms with E-state index in [1.807, 2.05) is 6.07 Å². The van der Waals surface area contributed by atoms with Crippen molar-refractivity contribution in [2.45, 2.75) is 70.6 Å². The molecule has 0 aromatic carbocycles. The lowest BCUT2D eigenvalue weighted by Crippen LogP contribution is -2.50. The monoisotopic (exact) mass is 309 g/mol. The van der Waals surface area contributed by atoms with Crippen LogP contribution in [0.5, 0.6) is 5.75 Å². The first kappa shape index (κ1) is 16.5. The van der Waals surface area contributed by atoms with E-state index in [0.29, 0.717) is 6.10 Å². The van der Waals surface area contributed by atoms with Crippen LogP contribution in [0.1, 0.15) is 39.2 Å². The van der Waals surface area contributed by atoms with Crippen LogP contribution < -0.4 is 4.74 Å². The van der Waals surface area contributed by atoms with Crippen LogP contribution in [0.3, 0.4) is 0 Å². The van der Waals surface area contributed by atoms with Crippen LogP contribution in [0.15, 0.2) is 18.5 Å². The Kier molecular flexibility index (Phi) is 4.75. The predicted octanol–water partition coefficient (Wildman–Crippen LogP) is 3.51. The van der Waals surface area contributed by atoms with Crippen LogP contribution in [-0.4, -0.2) is 30.6 Å². The van der Waals surface area contributed by atoms with Gasteiger partial charge < -0.3 is 14.3 Å². The molecule has 0 atom stereocenters. The molecule has 1 aromatic heterocycles. The molecule has 1 fully saturated rings. The van der Waals surface area contributed by atoms with E-state index < -0.39 is 8.32 Å². The SMILES string of the molecule is CC(C)(C)[Si](C)(C)O[C@H]1C[C@@H](Oc2cncc(CO)c2)C1. The summed E-state index contributed by atoms with van der Waals surface area (Å²) >= 11 is 0. The number of nitrogens with zero attached hydrogens (tertiary/aromatic N) is 1. The molecule has 0 bridgehead atoms. The number of ether oxygens (including phenoxy) is 1. The number of aromatic nitrogens is 1. The highest BCUT2D eigenvalue weighted by atomic mass is 28.4. The van der Waals surface area contributed by atoms with Gasteiger partial charge in [0.1, 0.15) is 11.9 Å². The minimum atomic E-state index is -1.68. The average molecular weight is 309 g/mol. The summed E-state index contributed by atoms with van der Waals surface area (Å²) in [5, 5.41) is 9.35. The Balaban J connectivity index is 1.82. The smallest absolute Gasteiger partial charge is 0.192 e. The highest BCUT2D eigenvalue weighted by Gasteiger charge is 2.43. The predicted molar refractivity (Wildman–Crippen MR) is 85.9 cm³/mol. The molecular weight excluding hydrogens is 282 g/mol. The summed E-state index contributed by atoms with van der Waals surface area (Å²) in [6.45, 7) is 11.4. The Hall–Kier alpha value is -0.913. The summed E-state index contributed by atoms with van der Waals surface area (Å²) in [6, 6.07) is 1.84. The molecule has 0 radical (unpaired) electrons. The maximum Gasteiger partial charge on any atom is 0.192 e. The second-order valence-electron chi connectivity index (χ2n) is 7.40. The molecule has 1 aliphatic carbocycles. The first-order valence-electron chi connectivity index (χ1n) is 7.60. The van der Waals surface area contributed by atoms with Gasteiger partial charge >= 0.3 is 0 Å². The molecular formula is C16H27NO3Si. The average Bonchev–Trinajstić information content (AvgIpc) is 2.35. The van der Waals surface area contributed by atoms with E-state index in [0.717, 1.165) is 24.2 Å². The quantitative estimate of drug-likeness (QED) is 0.846. The lowest BCUT2D eigenvalue weighted by Gasteiger charge is -2.44. The Morgan fingerprint density at radius 3 is 2.48 bits per heavy atom. The van der Waals surface area contributed by atoms with Gasteiger partial charge in [0, 0.05) is 19.0 Å². The molecule has 0 spiro atoms. The van der Waals surface area contributed by atoms with Crippen LogP contribution in [0.2, 0.25) is 18.1 Å². The fourth-order valence-corrected chi connectivity index (χ4v) is 3.49. The number of pyridine rings is 1. The number of aliphatic hydroxyl groups excluding tert-OH is 1. The summed E-state index contributed by atoms with van der Waals surface area (Å²) < 4.78 is 12.2. The van der Waals surface area contributed by atoms with E-state index >= 15 is 0 Å². The maximum atomic E-state index is 9.10. The molecule has 118 valence electrons. The molecule has 1 aliphatic rings. The normalized spacial score (nSPS) is 22.8. The van der Waals surface area contributed by atoms with Crippen LogP contribution in [-0.2, 0) is 11.0 Å².